The van der Waals surface area contributed by atoms with Crippen LogP contribution in [0.1, 0.15) is 83.1 Å². The average Bonchev–Trinajstić information content (AvgIpc) is 2.72. The Bertz CT molecular complexity index is 1050. The summed E-state index contributed by atoms with van der Waals surface area (Å²) in [6.45, 7) is 23.9. The first kappa shape index (κ1) is 31.8. The number of hydrogen-bond acceptors (Lipinski definition) is 6. The van der Waals surface area contributed by atoms with Gasteiger partial charge in [0.05, 0.1) is 26.4 Å². The van der Waals surface area contributed by atoms with Gasteiger partial charge in [-0.25, -0.2) is 0 Å². The Morgan fingerprint density at radius 3 is 1.00 bits per heavy atom. The summed E-state index contributed by atoms with van der Waals surface area (Å²) in [4.78, 5) is 51.7. The molecule has 0 aromatic heterocycles. The van der Waals surface area contributed by atoms with E-state index in [-0.39, 0.29) is 37.3 Å². The highest BCUT2D eigenvalue weighted by atomic mass is 16.5. The summed E-state index contributed by atoms with van der Waals surface area (Å²) in [6, 6.07) is 0. The minimum Gasteiger partial charge on any atom is -0.374 e. The van der Waals surface area contributed by atoms with E-state index in [1.807, 2.05) is 95.2 Å². The van der Waals surface area contributed by atoms with E-state index in [1.165, 1.54) is 0 Å². The van der Waals surface area contributed by atoms with Gasteiger partial charge >= 0.3 is 0 Å². The van der Waals surface area contributed by atoms with Gasteiger partial charge in [0.25, 0.3) is 0 Å². The largest absolute Gasteiger partial charge is 0.374 e. The third-order valence-electron chi connectivity index (χ3n) is 6.77. The molecule has 0 spiro atoms. The maximum absolute atomic E-state index is 13.0. The Kier molecular flexibility index (Phi) is 9.18. The van der Waals surface area contributed by atoms with E-state index in [0.717, 1.165) is 11.1 Å². The number of Topliss-reactive ketones (excluding diaryl/α,β-unsaturated/α-hetero) is 4. The highest BCUT2D eigenvalue weighted by Crippen LogP contribution is 2.40. The van der Waals surface area contributed by atoms with Crippen LogP contribution in [0.5, 0.6) is 0 Å². The molecule has 6 heteroatoms. The molecule has 2 aliphatic carbocycles. The molecule has 6 nitrogen and oxygen atoms in total. The summed E-state index contributed by atoms with van der Waals surface area (Å²) in [5.74, 6) is -2.00. The molecule has 0 amide bonds. The van der Waals surface area contributed by atoms with Crippen LogP contribution in [-0.4, -0.2) is 49.6 Å². The fourth-order valence-corrected chi connectivity index (χ4v) is 4.56. The Labute approximate surface area is 228 Å². The molecule has 0 radical (unpaired) electrons. The smallest absolute Gasteiger partial charge is 0.231 e. The third-order valence-corrected chi connectivity index (χ3v) is 6.77. The van der Waals surface area contributed by atoms with Crippen LogP contribution in [0.3, 0.4) is 0 Å². The molecule has 0 aliphatic heterocycles. The van der Waals surface area contributed by atoms with Crippen molar-refractivity contribution in [3.8, 4) is 0 Å². The molecule has 0 aromatic rings. The summed E-state index contributed by atoms with van der Waals surface area (Å²) < 4.78 is 11.5. The van der Waals surface area contributed by atoms with Crippen molar-refractivity contribution in [2.75, 3.05) is 26.4 Å². The van der Waals surface area contributed by atoms with Crippen molar-refractivity contribution in [2.24, 2.45) is 21.7 Å². The predicted molar refractivity (Wildman–Crippen MR) is 150 cm³/mol. The molecule has 0 aromatic carbocycles. The zero-order chi connectivity index (χ0) is 29.4. The van der Waals surface area contributed by atoms with Gasteiger partial charge in [0.15, 0.2) is 0 Å². The van der Waals surface area contributed by atoms with Gasteiger partial charge in [0.2, 0.25) is 23.1 Å². The summed E-state index contributed by atoms with van der Waals surface area (Å²) in [6.07, 6.45) is 3.70. The second-order valence-electron chi connectivity index (χ2n) is 14.3. The van der Waals surface area contributed by atoms with Gasteiger partial charge < -0.3 is 9.47 Å². The van der Waals surface area contributed by atoms with Crippen molar-refractivity contribution in [1.82, 2.24) is 0 Å². The number of carbonyl (C=O) groups excluding carboxylic acids is 4. The lowest BCUT2D eigenvalue weighted by Gasteiger charge is -2.32. The lowest BCUT2D eigenvalue weighted by Crippen LogP contribution is -2.34. The van der Waals surface area contributed by atoms with Crippen molar-refractivity contribution in [3.63, 3.8) is 0 Å². The second-order valence-corrected chi connectivity index (χ2v) is 14.3. The van der Waals surface area contributed by atoms with E-state index >= 15 is 0 Å². The molecular formula is C32H46O6. The summed E-state index contributed by atoms with van der Waals surface area (Å²) in [5.41, 5.74) is 1.82. The van der Waals surface area contributed by atoms with E-state index < -0.39 is 34.0 Å². The van der Waals surface area contributed by atoms with Gasteiger partial charge in [-0.05, 0) is 32.8 Å². The Balaban J connectivity index is 2.15. The maximum atomic E-state index is 13.0. The molecule has 38 heavy (non-hydrogen) atoms. The lowest BCUT2D eigenvalue weighted by atomic mass is 9.72. The van der Waals surface area contributed by atoms with E-state index in [0.29, 0.717) is 22.3 Å². The van der Waals surface area contributed by atoms with Gasteiger partial charge in [0.1, 0.15) is 0 Å². The molecule has 0 saturated heterocycles. The van der Waals surface area contributed by atoms with Crippen LogP contribution >= 0.6 is 0 Å². The Hall–Kier alpha value is -2.44. The quantitative estimate of drug-likeness (QED) is 0.231. The van der Waals surface area contributed by atoms with Crippen LogP contribution in [0.15, 0.2) is 45.6 Å². The Morgan fingerprint density at radius 1 is 0.474 bits per heavy atom. The maximum Gasteiger partial charge on any atom is 0.231 e. The summed E-state index contributed by atoms with van der Waals surface area (Å²) in [7, 11) is 0. The zero-order valence-electron chi connectivity index (χ0n) is 25.4. The molecule has 0 fully saturated rings. The van der Waals surface area contributed by atoms with E-state index in [2.05, 4.69) is 0 Å². The van der Waals surface area contributed by atoms with Crippen LogP contribution in [0.2, 0.25) is 0 Å². The Morgan fingerprint density at radius 2 is 0.763 bits per heavy atom. The molecule has 0 N–H and O–H groups in total. The van der Waals surface area contributed by atoms with Crippen LogP contribution < -0.4 is 0 Å². The minimum absolute atomic E-state index is 0.000502. The van der Waals surface area contributed by atoms with Crippen LogP contribution in [0.4, 0.5) is 0 Å². The van der Waals surface area contributed by atoms with Crippen molar-refractivity contribution < 1.29 is 28.7 Å². The van der Waals surface area contributed by atoms with Crippen LogP contribution in [-0.2, 0) is 28.7 Å². The van der Waals surface area contributed by atoms with E-state index in [9.17, 15) is 19.2 Å². The van der Waals surface area contributed by atoms with Gasteiger partial charge in [-0.1, -0.05) is 95.2 Å². The highest BCUT2D eigenvalue weighted by Gasteiger charge is 2.39. The molecular weight excluding hydrogens is 480 g/mol. The van der Waals surface area contributed by atoms with E-state index in [1.54, 1.807) is 0 Å². The monoisotopic (exact) mass is 526 g/mol. The molecule has 2 aliphatic rings. The number of allylic oxidation sites excluding steroid dienone is 6. The standard InChI is InChI=1S/C32H46O6/c1-29(2,3)21-15-23(31(7,8)9)27(35)25(33)19(21)17-37-13-14-38-18-20-22(30(4,5)6)16-24(32(10,11)12)28(36)26(20)34/h15-16H,13-14,17-18H2,1-12H3. The number of ketones is 4. The minimum atomic E-state index is -0.518. The molecule has 0 bridgehead atoms. The van der Waals surface area contributed by atoms with Crippen molar-refractivity contribution in [3.05, 3.63) is 45.6 Å². The summed E-state index contributed by atoms with van der Waals surface area (Å²) >= 11 is 0. The van der Waals surface area contributed by atoms with Gasteiger partial charge in [-0.15, -0.1) is 0 Å². The van der Waals surface area contributed by atoms with Gasteiger partial charge in [0, 0.05) is 22.3 Å². The molecule has 0 saturated carbocycles. The first-order valence-electron chi connectivity index (χ1n) is 13.3. The first-order valence-corrected chi connectivity index (χ1v) is 13.3. The molecule has 210 valence electrons. The molecule has 0 heterocycles. The first-order chi connectivity index (χ1) is 17.1. The zero-order valence-corrected chi connectivity index (χ0v) is 25.4. The fraction of sp³-hybridized carbons (Fsp3) is 0.625. The van der Waals surface area contributed by atoms with Crippen LogP contribution in [0, 0.1) is 21.7 Å². The van der Waals surface area contributed by atoms with Crippen molar-refractivity contribution >= 4 is 23.1 Å². The third kappa shape index (κ3) is 7.15. The summed E-state index contributed by atoms with van der Waals surface area (Å²) in [5, 5.41) is 0. The average molecular weight is 527 g/mol. The number of ether oxygens (including phenoxy) is 2. The fourth-order valence-electron chi connectivity index (χ4n) is 4.56. The van der Waals surface area contributed by atoms with Gasteiger partial charge in [-0.3, -0.25) is 19.2 Å². The topological polar surface area (TPSA) is 86.7 Å². The molecule has 0 atom stereocenters. The number of carbonyl (C=O) groups is 4. The molecule has 0 unspecified atom stereocenters. The van der Waals surface area contributed by atoms with Crippen molar-refractivity contribution in [2.45, 2.75) is 83.1 Å². The molecule has 2 rings (SSSR count). The number of hydrogen-bond donors (Lipinski definition) is 0. The highest BCUT2D eigenvalue weighted by molar-refractivity contribution is 6.51. The lowest BCUT2D eigenvalue weighted by molar-refractivity contribution is -0.133. The van der Waals surface area contributed by atoms with E-state index in [4.69, 9.17) is 9.47 Å². The van der Waals surface area contributed by atoms with Gasteiger partial charge in [-0.2, -0.15) is 0 Å². The number of rotatable bonds is 7. The predicted octanol–water partition coefficient (Wildman–Crippen LogP) is 5.95. The SMILES string of the molecule is CC(C)(C)C1=CC(C(C)(C)C)=C(COCCOCC2=C(C(C)(C)C)C=C(C(C)(C)C)C(=O)C2=O)C(=O)C1=O. The normalized spacial score (nSPS) is 18.4. The van der Waals surface area contributed by atoms with Crippen molar-refractivity contribution in [1.29, 1.82) is 0 Å². The second kappa shape index (κ2) is 11.0. The van der Waals surface area contributed by atoms with Crippen LogP contribution in [0.25, 0.3) is 0 Å².